The summed E-state index contributed by atoms with van der Waals surface area (Å²) in [5, 5.41) is 0. The molecule has 0 heterocycles. The maximum absolute atomic E-state index is 13.2. The SMILES string of the molecule is CCSC(SC)(SC)P(=O)(OC(C)C)OC(C)C. The van der Waals surface area contributed by atoms with Crippen LogP contribution in [0.5, 0.6) is 0 Å². The molecule has 0 aromatic heterocycles. The van der Waals surface area contributed by atoms with Crippen molar-refractivity contribution in [1.29, 1.82) is 0 Å². The summed E-state index contributed by atoms with van der Waals surface area (Å²) in [7, 11) is -3.20. The lowest BCUT2D eigenvalue weighted by Crippen LogP contribution is -2.23. The second-order valence-corrected chi connectivity index (χ2v) is 11.5. The lowest BCUT2D eigenvalue weighted by atomic mass is 10.5. The molecule has 0 aliphatic carbocycles. The average molecular weight is 332 g/mol. The van der Waals surface area contributed by atoms with Gasteiger partial charge in [-0.05, 0) is 46.0 Å². The lowest BCUT2D eigenvalue weighted by molar-refractivity contribution is 0.143. The van der Waals surface area contributed by atoms with Crippen LogP contribution in [0.15, 0.2) is 0 Å². The van der Waals surface area contributed by atoms with Gasteiger partial charge in [0.1, 0.15) is 0 Å². The van der Waals surface area contributed by atoms with Gasteiger partial charge in [-0.3, -0.25) is 4.57 Å². The van der Waals surface area contributed by atoms with E-state index in [9.17, 15) is 4.57 Å². The van der Waals surface area contributed by atoms with E-state index < -0.39 is 10.7 Å². The molecular formula is C11H25O3PS3. The monoisotopic (exact) mass is 332 g/mol. The molecule has 0 aliphatic rings. The first-order valence-corrected chi connectivity index (χ1v) is 11.0. The Morgan fingerprint density at radius 3 is 1.67 bits per heavy atom. The highest BCUT2D eigenvalue weighted by atomic mass is 32.3. The Morgan fingerprint density at radius 1 is 1.06 bits per heavy atom. The zero-order valence-corrected chi connectivity index (χ0v) is 15.6. The minimum absolute atomic E-state index is 0.120. The summed E-state index contributed by atoms with van der Waals surface area (Å²) in [6.07, 6.45) is 3.68. The maximum Gasteiger partial charge on any atom is 0.367 e. The second kappa shape index (κ2) is 8.48. The van der Waals surface area contributed by atoms with Gasteiger partial charge in [0.2, 0.25) is 3.15 Å². The van der Waals surface area contributed by atoms with Crippen molar-refractivity contribution in [2.75, 3.05) is 18.3 Å². The van der Waals surface area contributed by atoms with Gasteiger partial charge in [-0.2, -0.15) is 0 Å². The number of rotatable bonds is 9. The maximum atomic E-state index is 13.2. The fraction of sp³-hybridized carbons (Fsp3) is 1.00. The molecule has 7 heteroatoms. The summed E-state index contributed by atoms with van der Waals surface area (Å²) in [6.45, 7) is 9.61. The molecule has 0 bridgehead atoms. The summed E-state index contributed by atoms with van der Waals surface area (Å²) in [5.41, 5.74) is 0. The lowest BCUT2D eigenvalue weighted by Gasteiger charge is -2.37. The molecule has 18 heavy (non-hydrogen) atoms. The third-order valence-corrected chi connectivity index (χ3v) is 11.8. The van der Waals surface area contributed by atoms with Crippen molar-refractivity contribution < 1.29 is 13.6 Å². The standard InChI is InChI=1S/C11H25O3PS3/c1-8-18-11(16-6,17-7)15(12,13-9(2)3)14-10(4)5/h9-10H,8H2,1-7H3. The molecule has 0 radical (unpaired) electrons. The van der Waals surface area contributed by atoms with E-state index in [2.05, 4.69) is 6.92 Å². The van der Waals surface area contributed by atoms with Crippen molar-refractivity contribution in [1.82, 2.24) is 0 Å². The molecule has 0 fully saturated rings. The van der Waals surface area contributed by atoms with Crippen LogP contribution in [0, 0.1) is 0 Å². The Balaban J connectivity index is 5.40. The van der Waals surface area contributed by atoms with E-state index in [1.807, 2.05) is 40.2 Å². The van der Waals surface area contributed by atoms with Crippen LogP contribution in [-0.2, 0) is 13.6 Å². The largest absolute Gasteiger partial charge is 0.367 e. The van der Waals surface area contributed by atoms with Crippen LogP contribution in [0.1, 0.15) is 34.6 Å². The highest BCUT2D eigenvalue weighted by molar-refractivity contribution is 8.40. The van der Waals surface area contributed by atoms with E-state index in [1.165, 1.54) is 0 Å². The molecule has 0 N–H and O–H groups in total. The molecule has 0 aromatic rings. The van der Waals surface area contributed by atoms with Gasteiger partial charge in [0.05, 0.1) is 12.2 Å². The Hall–Kier alpha value is 1.20. The van der Waals surface area contributed by atoms with Gasteiger partial charge >= 0.3 is 7.60 Å². The highest BCUT2D eigenvalue weighted by Gasteiger charge is 2.52. The van der Waals surface area contributed by atoms with Crippen molar-refractivity contribution in [2.45, 2.75) is 50.0 Å². The summed E-state index contributed by atoms with van der Waals surface area (Å²) in [4.78, 5) is 0. The van der Waals surface area contributed by atoms with E-state index in [0.717, 1.165) is 5.75 Å². The molecule has 110 valence electrons. The molecule has 0 saturated heterocycles. The van der Waals surface area contributed by atoms with Gasteiger partial charge < -0.3 is 9.05 Å². The van der Waals surface area contributed by atoms with Crippen molar-refractivity contribution >= 4 is 42.9 Å². The van der Waals surface area contributed by atoms with Gasteiger partial charge in [0.25, 0.3) is 0 Å². The van der Waals surface area contributed by atoms with E-state index in [4.69, 9.17) is 9.05 Å². The predicted molar refractivity (Wildman–Crippen MR) is 87.9 cm³/mol. The third kappa shape index (κ3) is 4.95. The highest BCUT2D eigenvalue weighted by Crippen LogP contribution is 2.74. The first kappa shape index (κ1) is 19.2. The van der Waals surface area contributed by atoms with Crippen molar-refractivity contribution in [3.05, 3.63) is 0 Å². The van der Waals surface area contributed by atoms with Crippen LogP contribution in [0.25, 0.3) is 0 Å². The van der Waals surface area contributed by atoms with Gasteiger partial charge in [-0.15, -0.1) is 35.3 Å². The fourth-order valence-corrected chi connectivity index (χ4v) is 9.08. The molecule has 0 aromatic carbocycles. The molecule has 0 unspecified atom stereocenters. The number of thioether (sulfide) groups is 3. The fourth-order valence-electron chi connectivity index (χ4n) is 1.40. The molecule has 3 nitrogen and oxygen atoms in total. The quantitative estimate of drug-likeness (QED) is 0.431. The van der Waals surface area contributed by atoms with Crippen LogP contribution in [0.4, 0.5) is 0 Å². The van der Waals surface area contributed by atoms with Crippen LogP contribution < -0.4 is 0 Å². The number of hydrogen-bond acceptors (Lipinski definition) is 6. The predicted octanol–water partition coefficient (Wildman–Crippen LogP) is 5.12. The van der Waals surface area contributed by atoms with Crippen molar-refractivity contribution in [2.24, 2.45) is 0 Å². The van der Waals surface area contributed by atoms with E-state index in [1.54, 1.807) is 35.3 Å². The summed E-state index contributed by atoms with van der Waals surface area (Å²) >= 11 is 4.72. The Morgan fingerprint density at radius 2 is 1.44 bits per heavy atom. The third-order valence-electron chi connectivity index (χ3n) is 1.88. The summed E-state index contributed by atoms with van der Waals surface area (Å²) in [5.74, 6) is 0.870. The van der Waals surface area contributed by atoms with Crippen LogP contribution in [0.3, 0.4) is 0 Å². The Kier molecular flexibility index (Phi) is 9.04. The van der Waals surface area contributed by atoms with E-state index in [-0.39, 0.29) is 12.2 Å². The zero-order valence-electron chi connectivity index (χ0n) is 12.3. The van der Waals surface area contributed by atoms with Gasteiger partial charge in [0, 0.05) is 0 Å². The minimum atomic E-state index is -3.20. The first-order chi connectivity index (χ1) is 8.26. The minimum Gasteiger partial charge on any atom is -0.304 e. The van der Waals surface area contributed by atoms with Crippen LogP contribution >= 0.6 is 42.9 Å². The molecule has 0 spiro atoms. The van der Waals surface area contributed by atoms with Gasteiger partial charge in [0.15, 0.2) is 0 Å². The molecule has 0 amide bonds. The molecule has 0 saturated carbocycles. The van der Waals surface area contributed by atoms with E-state index >= 15 is 0 Å². The summed E-state index contributed by atoms with van der Waals surface area (Å²) in [6, 6.07) is 0. The molecular weight excluding hydrogens is 307 g/mol. The van der Waals surface area contributed by atoms with Crippen LogP contribution in [-0.4, -0.2) is 33.6 Å². The van der Waals surface area contributed by atoms with Crippen molar-refractivity contribution in [3.63, 3.8) is 0 Å². The molecule has 0 rings (SSSR count). The first-order valence-electron chi connectivity index (χ1n) is 5.98. The Labute approximate surface area is 124 Å². The Bertz CT molecular complexity index is 267. The van der Waals surface area contributed by atoms with Gasteiger partial charge in [-0.25, -0.2) is 0 Å². The van der Waals surface area contributed by atoms with Crippen LogP contribution in [0.2, 0.25) is 0 Å². The van der Waals surface area contributed by atoms with E-state index in [0.29, 0.717) is 0 Å². The summed E-state index contributed by atoms with van der Waals surface area (Å²) < 4.78 is 24.1. The topological polar surface area (TPSA) is 35.5 Å². The number of hydrogen-bond donors (Lipinski definition) is 0. The molecule has 0 aliphatic heterocycles. The smallest absolute Gasteiger partial charge is 0.304 e. The average Bonchev–Trinajstić information content (AvgIpc) is 2.23. The van der Waals surface area contributed by atoms with Crippen molar-refractivity contribution in [3.8, 4) is 0 Å². The normalized spacial score (nSPS) is 13.6. The molecule has 0 atom stereocenters. The van der Waals surface area contributed by atoms with Gasteiger partial charge in [-0.1, -0.05) is 6.92 Å². The zero-order chi connectivity index (χ0) is 14.4. The second-order valence-electron chi connectivity index (χ2n) is 4.17.